The van der Waals surface area contributed by atoms with E-state index in [1.807, 2.05) is 41.2 Å². The van der Waals surface area contributed by atoms with Gasteiger partial charge in [-0.3, -0.25) is 14.3 Å². The summed E-state index contributed by atoms with van der Waals surface area (Å²) in [5.41, 5.74) is 5.60. The lowest BCUT2D eigenvalue weighted by Crippen LogP contribution is -2.24. The van der Waals surface area contributed by atoms with Crippen LogP contribution in [0.1, 0.15) is 21.5 Å². The van der Waals surface area contributed by atoms with Gasteiger partial charge in [0.1, 0.15) is 0 Å². The zero-order chi connectivity index (χ0) is 22.6. The molecule has 2 amide bonds. The summed E-state index contributed by atoms with van der Waals surface area (Å²) in [7, 11) is 0. The Balaban J connectivity index is 1.29. The van der Waals surface area contributed by atoms with Crippen molar-refractivity contribution in [2.45, 2.75) is 18.0 Å². The molecule has 33 heavy (non-hydrogen) atoms. The highest BCUT2D eigenvalue weighted by molar-refractivity contribution is 8.00. The summed E-state index contributed by atoms with van der Waals surface area (Å²) >= 11 is 1.48. The van der Waals surface area contributed by atoms with Gasteiger partial charge < -0.3 is 10.6 Å². The molecule has 0 fully saturated rings. The number of hydrogen-bond acceptors (Lipinski definition) is 4. The zero-order valence-corrected chi connectivity index (χ0v) is 18.6. The molecular weight excluding hydrogens is 432 g/mol. The van der Waals surface area contributed by atoms with Crippen LogP contribution < -0.4 is 10.6 Å². The third-order valence-corrected chi connectivity index (χ3v) is 6.57. The van der Waals surface area contributed by atoms with Crippen molar-refractivity contribution in [3.8, 4) is 11.1 Å². The Hall–Kier alpha value is -3.84. The highest BCUT2D eigenvalue weighted by Gasteiger charge is 2.17. The lowest BCUT2D eigenvalue weighted by Gasteiger charge is -2.17. The van der Waals surface area contributed by atoms with Crippen molar-refractivity contribution in [3.05, 3.63) is 102 Å². The van der Waals surface area contributed by atoms with Crippen LogP contribution in [-0.2, 0) is 17.9 Å². The Morgan fingerprint density at radius 3 is 2.73 bits per heavy atom. The number of rotatable bonds is 6. The molecule has 1 aliphatic heterocycles. The van der Waals surface area contributed by atoms with E-state index < -0.39 is 0 Å². The first-order chi connectivity index (χ1) is 16.2. The lowest BCUT2D eigenvalue weighted by atomic mass is 9.98. The quantitative estimate of drug-likeness (QED) is 0.447. The third-order valence-electron chi connectivity index (χ3n) is 5.50. The predicted octanol–water partition coefficient (Wildman–Crippen LogP) is 4.57. The van der Waals surface area contributed by atoms with Gasteiger partial charge in [-0.05, 0) is 46.5 Å². The van der Waals surface area contributed by atoms with Crippen molar-refractivity contribution >= 4 is 29.3 Å². The van der Waals surface area contributed by atoms with Crippen molar-refractivity contribution in [3.63, 3.8) is 0 Å². The number of nitrogens with zero attached hydrogens (tertiary/aromatic N) is 2. The maximum Gasteiger partial charge on any atom is 0.251 e. The Morgan fingerprint density at radius 1 is 1.06 bits per heavy atom. The van der Waals surface area contributed by atoms with Gasteiger partial charge in [0, 0.05) is 29.4 Å². The number of carbonyl (C=O) groups excluding carboxylic acids is 2. The van der Waals surface area contributed by atoms with Crippen LogP contribution in [0.4, 0.5) is 5.69 Å². The minimum atomic E-state index is -0.174. The minimum absolute atomic E-state index is 0.0466. The predicted molar refractivity (Wildman–Crippen MR) is 130 cm³/mol. The Bertz CT molecular complexity index is 1300. The molecule has 2 heterocycles. The summed E-state index contributed by atoms with van der Waals surface area (Å²) in [5, 5.41) is 10.1. The molecule has 1 aliphatic rings. The van der Waals surface area contributed by atoms with Gasteiger partial charge in [0.2, 0.25) is 5.91 Å². The molecule has 7 heteroatoms. The molecule has 5 rings (SSSR count). The molecule has 6 nitrogen and oxygen atoms in total. The van der Waals surface area contributed by atoms with Crippen LogP contribution >= 0.6 is 11.8 Å². The maximum absolute atomic E-state index is 12.8. The van der Waals surface area contributed by atoms with Crippen LogP contribution in [0, 0.1) is 0 Å². The van der Waals surface area contributed by atoms with Crippen LogP contribution in [-0.4, -0.2) is 27.3 Å². The van der Waals surface area contributed by atoms with Crippen LogP contribution in [0.2, 0.25) is 0 Å². The monoisotopic (exact) mass is 454 g/mol. The van der Waals surface area contributed by atoms with E-state index in [0.717, 1.165) is 28.1 Å². The van der Waals surface area contributed by atoms with Gasteiger partial charge in [-0.25, -0.2) is 0 Å². The molecule has 0 aliphatic carbocycles. The molecule has 0 spiro atoms. The number of aromatic nitrogens is 2. The Kier molecular flexibility index (Phi) is 5.95. The van der Waals surface area contributed by atoms with E-state index in [0.29, 0.717) is 23.5 Å². The second-order valence-corrected chi connectivity index (χ2v) is 8.81. The number of thioether (sulfide) groups is 1. The van der Waals surface area contributed by atoms with E-state index in [9.17, 15) is 9.59 Å². The Morgan fingerprint density at radius 2 is 1.91 bits per heavy atom. The van der Waals surface area contributed by atoms with Crippen LogP contribution in [0.25, 0.3) is 11.1 Å². The maximum atomic E-state index is 12.8. The van der Waals surface area contributed by atoms with Crippen molar-refractivity contribution < 1.29 is 9.59 Å². The van der Waals surface area contributed by atoms with Crippen molar-refractivity contribution in [1.29, 1.82) is 0 Å². The van der Waals surface area contributed by atoms with Crippen LogP contribution in [0.15, 0.2) is 90.1 Å². The molecule has 0 atom stereocenters. The van der Waals surface area contributed by atoms with Gasteiger partial charge in [-0.15, -0.1) is 11.8 Å². The number of fused-ring (bicyclic) bond motifs is 1. The molecule has 4 aromatic rings. The average molecular weight is 455 g/mol. The smallest absolute Gasteiger partial charge is 0.251 e. The molecule has 0 saturated heterocycles. The number of amides is 2. The molecular formula is C26H22N4O2S. The first kappa shape index (κ1) is 21.0. The lowest BCUT2D eigenvalue weighted by molar-refractivity contribution is -0.113. The molecule has 0 radical (unpaired) electrons. The second kappa shape index (κ2) is 9.34. The molecule has 2 N–H and O–H groups in total. The highest BCUT2D eigenvalue weighted by Crippen LogP contribution is 2.32. The van der Waals surface area contributed by atoms with Crippen LogP contribution in [0.5, 0.6) is 0 Å². The number of benzene rings is 3. The highest BCUT2D eigenvalue weighted by atomic mass is 32.2. The first-order valence-electron chi connectivity index (χ1n) is 10.7. The van der Waals surface area contributed by atoms with E-state index in [-0.39, 0.29) is 11.8 Å². The molecule has 1 aromatic heterocycles. The topological polar surface area (TPSA) is 76.0 Å². The molecule has 0 saturated carbocycles. The third kappa shape index (κ3) is 4.83. The van der Waals surface area contributed by atoms with E-state index >= 15 is 0 Å². The fourth-order valence-corrected chi connectivity index (χ4v) is 4.62. The van der Waals surface area contributed by atoms with Gasteiger partial charge in [0.15, 0.2) is 0 Å². The fraction of sp³-hybridized carbons (Fsp3) is 0.115. The second-order valence-electron chi connectivity index (χ2n) is 7.79. The fourth-order valence-electron chi connectivity index (χ4n) is 3.83. The van der Waals surface area contributed by atoms with Gasteiger partial charge in [-0.2, -0.15) is 5.10 Å². The van der Waals surface area contributed by atoms with Crippen molar-refractivity contribution in [2.75, 3.05) is 11.1 Å². The number of hydrogen-bond donors (Lipinski definition) is 2. The molecule has 0 unspecified atom stereocenters. The number of anilines is 1. The van der Waals surface area contributed by atoms with E-state index in [4.69, 9.17) is 0 Å². The zero-order valence-electron chi connectivity index (χ0n) is 17.8. The Labute approximate surface area is 196 Å². The summed E-state index contributed by atoms with van der Waals surface area (Å²) in [6.45, 7) is 1.13. The molecule has 3 aromatic carbocycles. The van der Waals surface area contributed by atoms with Gasteiger partial charge in [-0.1, -0.05) is 48.5 Å². The SMILES string of the molecule is O=C1CSc2ccc(C(=O)NCc3ccccc3-c3ccc(Cn4cccn4)cc3)cc2N1. The summed E-state index contributed by atoms with van der Waals surface area (Å²) in [4.78, 5) is 25.4. The van der Waals surface area contributed by atoms with E-state index in [2.05, 4.69) is 46.1 Å². The van der Waals surface area contributed by atoms with Gasteiger partial charge >= 0.3 is 0 Å². The first-order valence-corrected chi connectivity index (χ1v) is 11.6. The number of carbonyl (C=O) groups is 2. The summed E-state index contributed by atoms with van der Waals surface area (Å²) in [5.74, 6) is 0.182. The van der Waals surface area contributed by atoms with Gasteiger partial charge in [0.25, 0.3) is 5.91 Å². The van der Waals surface area contributed by atoms with Crippen LogP contribution in [0.3, 0.4) is 0 Å². The number of nitrogens with one attached hydrogen (secondary N) is 2. The van der Waals surface area contributed by atoms with E-state index in [1.54, 1.807) is 18.3 Å². The van der Waals surface area contributed by atoms with Crippen molar-refractivity contribution in [2.24, 2.45) is 0 Å². The summed E-state index contributed by atoms with van der Waals surface area (Å²) < 4.78 is 1.89. The summed E-state index contributed by atoms with van der Waals surface area (Å²) in [6, 6.07) is 23.8. The summed E-state index contributed by atoms with van der Waals surface area (Å²) in [6.07, 6.45) is 3.72. The minimum Gasteiger partial charge on any atom is -0.348 e. The van der Waals surface area contributed by atoms with Gasteiger partial charge in [0.05, 0.1) is 18.0 Å². The normalized spacial score (nSPS) is 12.7. The average Bonchev–Trinajstić information content (AvgIpc) is 3.36. The molecule has 164 valence electrons. The van der Waals surface area contributed by atoms with Crippen molar-refractivity contribution in [1.82, 2.24) is 15.1 Å². The largest absolute Gasteiger partial charge is 0.348 e. The standard InChI is InChI=1S/C26H22N4O2S/c31-25-17-33-24-11-10-20(14-23(24)29-25)26(32)27-15-21-4-1-2-5-22(21)19-8-6-18(7-9-19)16-30-13-3-12-28-30/h1-14H,15-17H2,(H,27,32)(H,29,31). The van der Waals surface area contributed by atoms with E-state index in [1.165, 1.54) is 17.3 Å². The molecule has 0 bridgehead atoms.